The first kappa shape index (κ1) is 14.5. The van der Waals surface area contributed by atoms with Crippen LogP contribution in [0.15, 0.2) is 28.8 Å². The van der Waals surface area contributed by atoms with E-state index in [9.17, 15) is 0 Å². The lowest BCUT2D eigenvalue weighted by atomic mass is 9.80. The molecule has 0 bridgehead atoms. The Morgan fingerprint density at radius 2 is 1.86 bits per heavy atom. The molecule has 2 N–H and O–H groups in total. The molecule has 21 heavy (non-hydrogen) atoms. The lowest BCUT2D eigenvalue weighted by Gasteiger charge is -2.31. The van der Waals surface area contributed by atoms with E-state index in [1.807, 2.05) is 24.3 Å². The molecule has 1 aromatic carbocycles. The van der Waals surface area contributed by atoms with Gasteiger partial charge in [-0.05, 0) is 30.5 Å². The van der Waals surface area contributed by atoms with E-state index < -0.39 is 0 Å². The van der Waals surface area contributed by atoms with Crippen LogP contribution in [0.25, 0.3) is 0 Å². The van der Waals surface area contributed by atoms with Crippen molar-refractivity contribution in [3.8, 4) is 0 Å². The summed E-state index contributed by atoms with van der Waals surface area (Å²) in [7, 11) is 0. The molecule has 1 heterocycles. The molecule has 5 heteroatoms. The van der Waals surface area contributed by atoms with Gasteiger partial charge in [0.25, 0.3) is 0 Å². The minimum absolute atomic E-state index is 0.164. The molecule has 3 rings (SSSR count). The molecule has 0 saturated heterocycles. The van der Waals surface area contributed by atoms with Crippen molar-refractivity contribution in [2.45, 2.75) is 50.5 Å². The molecule has 0 unspecified atom stereocenters. The Morgan fingerprint density at radius 1 is 1.14 bits per heavy atom. The van der Waals surface area contributed by atoms with Gasteiger partial charge >= 0.3 is 0 Å². The van der Waals surface area contributed by atoms with Gasteiger partial charge in [-0.25, -0.2) is 0 Å². The fraction of sp³-hybridized carbons (Fsp3) is 0.500. The van der Waals surface area contributed by atoms with Gasteiger partial charge in [0.2, 0.25) is 5.89 Å². The van der Waals surface area contributed by atoms with Gasteiger partial charge < -0.3 is 10.3 Å². The van der Waals surface area contributed by atoms with Crippen molar-refractivity contribution in [1.29, 1.82) is 0 Å². The molecule has 1 fully saturated rings. The zero-order chi connectivity index (χ0) is 14.7. The van der Waals surface area contributed by atoms with Gasteiger partial charge in [0.1, 0.15) is 0 Å². The number of hydrogen-bond donors (Lipinski definition) is 1. The summed E-state index contributed by atoms with van der Waals surface area (Å²) >= 11 is 5.88. The van der Waals surface area contributed by atoms with Crippen molar-refractivity contribution in [2.75, 3.05) is 0 Å². The summed E-state index contributed by atoms with van der Waals surface area (Å²) in [6.45, 7) is 0. The van der Waals surface area contributed by atoms with E-state index in [4.69, 9.17) is 21.9 Å². The molecule has 1 aromatic heterocycles. The smallest absolute Gasteiger partial charge is 0.228 e. The van der Waals surface area contributed by atoms with Crippen LogP contribution in [0.2, 0.25) is 5.02 Å². The highest BCUT2D eigenvalue weighted by molar-refractivity contribution is 6.30. The van der Waals surface area contributed by atoms with Gasteiger partial charge in [-0.1, -0.05) is 48.2 Å². The summed E-state index contributed by atoms with van der Waals surface area (Å²) in [4.78, 5) is 4.48. The SMILES string of the molecule is NC1(Cc2nc(Cc3ccc(Cl)cc3)no2)CCCCC1. The van der Waals surface area contributed by atoms with E-state index in [0.29, 0.717) is 24.6 Å². The molecule has 0 aliphatic heterocycles. The van der Waals surface area contributed by atoms with Crippen molar-refractivity contribution in [2.24, 2.45) is 5.73 Å². The van der Waals surface area contributed by atoms with Gasteiger partial charge in [-0.15, -0.1) is 0 Å². The summed E-state index contributed by atoms with van der Waals surface area (Å²) in [5.41, 5.74) is 7.38. The van der Waals surface area contributed by atoms with E-state index in [0.717, 1.165) is 23.4 Å². The fourth-order valence-electron chi connectivity index (χ4n) is 2.95. The molecule has 4 nitrogen and oxygen atoms in total. The average Bonchev–Trinajstić information content (AvgIpc) is 2.88. The standard InChI is InChI=1S/C16H20ClN3O/c17-13-6-4-12(5-7-13)10-14-19-15(21-20-14)11-16(18)8-2-1-3-9-16/h4-7H,1-3,8-11,18H2. The first-order chi connectivity index (χ1) is 10.1. The highest BCUT2D eigenvalue weighted by atomic mass is 35.5. The summed E-state index contributed by atoms with van der Waals surface area (Å²) in [5.74, 6) is 1.36. The fourth-order valence-corrected chi connectivity index (χ4v) is 3.08. The third-order valence-corrected chi connectivity index (χ3v) is 4.39. The van der Waals surface area contributed by atoms with Crippen molar-refractivity contribution < 1.29 is 4.52 Å². The van der Waals surface area contributed by atoms with E-state index in [2.05, 4.69) is 10.1 Å². The van der Waals surface area contributed by atoms with Gasteiger partial charge in [0.05, 0.1) is 0 Å². The quantitative estimate of drug-likeness (QED) is 0.938. The minimum atomic E-state index is -0.164. The number of benzene rings is 1. The van der Waals surface area contributed by atoms with Crippen LogP contribution in [-0.4, -0.2) is 15.7 Å². The van der Waals surface area contributed by atoms with Crippen LogP contribution >= 0.6 is 11.6 Å². The van der Waals surface area contributed by atoms with Crippen molar-refractivity contribution in [1.82, 2.24) is 10.1 Å². The Balaban J connectivity index is 1.64. The molecule has 112 valence electrons. The molecule has 0 spiro atoms. The second-order valence-electron chi connectivity index (χ2n) is 6.01. The highest BCUT2D eigenvalue weighted by Crippen LogP contribution is 2.28. The average molecular weight is 306 g/mol. The van der Waals surface area contributed by atoms with Crippen LogP contribution in [0, 0.1) is 0 Å². The molecule has 1 aliphatic carbocycles. The number of nitrogens with zero attached hydrogens (tertiary/aromatic N) is 2. The lowest BCUT2D eigenvalue weighted by molar-refractivity contribution is 0.260. The van der Waals surface area contributed by atoms with Crippen LogP contribution in [0.5, 0.6) is 0 Å². The lowest BCUT2D eigenvalue weighted by Crippen LogP contribution is -2.43. The molecule has 2 aromatic rings. The molecule has 1 saturated carbocycles. The number of halogens is 1. The third-order valence-electron chi connectivity index (χ3n) is 4.14. The zero-order valence-corrected chi connectivity index (χ0v) is 12.8. The molecule has 0 radical (unpaired) electrons. The Bertz CT molecular complexity index is 588. The summed E-state index contributed by atoms with van der Waals surface area (Å²) < 4.78 is 5.36. The molecular weight excluding hydrogens is 286 g/mol. The summed E-state index contributed by atoms with van der Waals surface area (Å²) in [5, 5.41) is 4.79. The predicted molar refractivity (Wildman–Crippen MR) is 82.3 cm³/mol. The highest BCUT2D eigenvalue weighted by Gasteiger charge is 2.29. The van der Waals surface area contributed by atoms with Crippen LogP contribution < -0.4 is 5.73 Å². The molecule has 0 amide bonds. The van der Waals surface area contributed by atoms with Gasteiger partial charge in [-0.2, -0.15) is 4.98 Å². The Kier molecular flexibility index (Phi) is 4.27. The number of hydrogen-bond acceptors (Lipinski definition) is 4. The van der Waals surface area contributed by atoms with E-state index in [1.54, 1.807) is 0 Å². The monoisotopic (exact) mass is 305 g/mol. The summed E-state index contributed by atoms with van der Waals surface area (Å²) in [6.07, 6.45) is 7.10. The van der Waals surface area contributed by atoms with Crippen LogP contribution in [0.4, 0.5) is 0 Å². The largest absolute Gasteiger partial charge is 0.339 e. The number of nitrogens with two attached hydrogens (primary N) is 1. The van der Waals surface area contributed by atoms with E-state index >= 15 is 0 Å². The van der Waals surface area contributed by atoms with Crippen LogP contribution in [0.3, 0.4) is 0 Å². The second kappa shape index (κ2) is 6.16. The third kappa shape index (κ3) is 3.83. The maximum Gasteiger partial charge on any atom is 0.228 e. The first-order valence-electron chi connectivity index (χ1n) is 7.48. The van der Waals surface area contributed by atoms with Gasteiger partial charge in [-0.3, -0.25) is 0 Å². The van der Waals surface area contributed by atoms with E-state index in [1.165, 1.54) is 19.3 Å². The maximum atomic E-state index is 6.43. The number of aromatic nitrogens is 2. The van der Waals surface area contributed by atoms with Gasteiger partial charge in [0.15, 0.2) is 5.82 Å². The Labute approximate surface area is 129 Å². The van der Waals surface area contributed by atoms with Crippen molar-refractivity contribution in [3.05, 3.63) is 46.6 Å². The predicted octanol–water partition coefficient (Wildman–Crippen LogP) is 3.52. The Hall–Kier alpha value is -1.39. The first-order valence-corrected chi connectivity index (χ1v) is 7.86. The Morgan fingerprint density at radius 3 is 2.57 bits per heavy atom. The topological polar surface area (TPSA) is 64.9 Å². The molecule has 0 atom stereocenters. The van der Waals surface area contributed by atoms with Crippen LogP contribution in [-0.2, 0) is 12.8 Å². The van der Waals surface area contributed by atoms with Gasteiger partial charge in [0, 0.05) is 23.4 Å². The molecular formula is C16H20ClN3O. The number of rotatable bonds is 4. The van der Waals surface area contributed by atoms with Crippen LogP contribution in [0.1, 0.15) is 49.4 Å². The maximum absolute atomic E-state index is 6.43. The second-order valence-corrected chi connectivity index (χ2v) is 6.44. The summed E-state index contributed by atoms with van der Waals surface area (Å²) in [6, 6.07) is 7.69. The van der Waals surface area contributed by atoms with Crippen molar-refractivity contribution >= 4 is 11.6 Å². The minimum Gasteiger partial charge on any atom is -0.339 e. The molecule has 1 aliphatic rings. The normalized spacial score (nSPS) is 17.8. The van der Waals surface area contributed by atoms with E-state index in [-0.39, 0.29) is 5.54 Å². The zero-order valence-electron chi connectivity index (χ0n) is 12.0. The van der Waals surface area contributed by atoms with Crippen molar-refractivity contribution in [3.63, 3.8) is 0 Å².